The molecule has 0 radical (unpaired) electrons. The van der Waals surface area contributed by atoms with Gasteiger partial charge in [0.1, 0.15) is 0 Å². The van der Waals surface area contributed by atoms with Crippen molar-refractivity contribution in [1.29, 1.82) is 0 Å². The van der Waals surface area contributed by atoms with E-state index in [2.05, 4.69) is 10.5 Å². The van der Waals surface area contributed by atoms with Crippen LogP contribution in [0.5, 0.6) is 0 Å². The summed E-state index contributed by atoms with van der Waals surface area (Å²) in [7, 11) is 0. The van der Waals surface area contributed by atoms with E-state index >= 15 is 0 Å². The zero-order chi connectivity index (χ0) is 18.5. The molecule has 0 aliphatic carbocycles. The summed E-state index contributed by atoms with van der Waals surface area (Å²) in [6.45, 7) is 4.01. The Morgan fingerprint density at radius 3 is 2.23 bits per heavy atom. The van der Waals surface area contributed by atoms with Gasteiger partial charge in [-0.05, 0) is 0 Å². The van der Waals surface area contributed by atoms with Crippen LogP contribution in [-0.4, -0.2) is 43.4 Å². The predicted octanol–water partition coefficient (Wildman–Crippen LogP) is 1.73. The first-order valence-electron chi connectivity index (χ1n) is 8.43. The second kappa shape index (κ2) is 8.30. The van der Waals surface area contributed by atoms with Crippen molar-refractivity contribution in [2.24, 2.45) is 5.10 Å². The summed E-state index contributed by atoms with van der Waals surface area (Å²) in [6, 6.07) is 18.8. The van der Waals surface area contributed by atoms with E-state index < -0.39 is 10.9 Å². The van der Waals surface area contributed by atoms with Gasteiger partial charge in [0, 0.05) is 0 Å². The minimum absolute atomic E-state index is 0.121. The van der Waals surface area contributed by atoms with Gasteiger partial charge in [0.2, 0.25) is 0 Å². The summed E-state index contributed by atoms with van der Waals surface area (Å²) < 4.78 is 1.09. The van der Waals surface area contributed by atoms with Crippen LogP contribution in [0.3, 0.4) is 0 Å². The topological polar surface area (TPSA) is 61.8 Å². The molecule has 0 spiro atoms. The molecule has 2 aromatic rings. The Hall–Kier alpha value is -2.43. The zero-order valence-electron chi connectivity index (χ0n) is 14.8. The van der Waals surface area contributed by atoms with Crippen LogP contribution in [0.25, 0.3) is 0 Å². The first-order valence-corrected chi connectivity index (χ1v) is 10.3. The molecule has 1 aliphatic heterocycles. The van der Waals surface area contributed by atoms with E-state index in [9.17, 15) is 9.59 Å². The van der Waals surface area contributed by atoms with E-state index in [1.165, 1.54) is 4.90 Å². The van der Waals surface area contributed by atoms with E-state index in [0.29, 0.717) is 6.54 Å². The van der Waals surface area contributed by atoms with Crippen LogP contribution < -0.4 is 9.89 Å². The number of carbonyl (C=O) groups is 2. The summed E-state index contributed by atoms with van der Waals surface area (Å²) in [5.41, 5.74) is 4.70. The molecule has 1 aliphatic rings. The van der Waals surface area contributed by atoms with Crippen molar-refractivity contribution in [3.8, 4) is 0 Å². The molecule has 1 fully saturated rings. The summed E-state index contributed by atoms with van der Waals surface area (Å²) in [5.74, 6) is -0.323. The Kier molecular flexibility index (Phi) is 5.86. The quantitative estimate of drug-likeness (QED) is 0.339. The Labute approximate surface area is 159 Å². The number of imide groups is 1. The van der Waals surface area contributed by atoms with Crippen molar-refractivity contribution in [2.45, 2.75) is 31.3 Å². The average molecular weight is 414 g/mol. The van der Waals surface area contributed by atoms with Crippen LogP contribution in [0.15, 0.2) is 65.8 Å². The number of hydrogen-bond acceptors (Lipinski definition) is 4. The predicted molar refractivity (Wildman–Crippen MR) is 103 cm³/mol. The molecule has 5 nitrogen and oxygen atoms in total. The molecule has 6 heteroatoms. The van der Waals surface area contributed by atoms with E-state index in [1.807, 2.05) is 74.5 Å². The third-order valence-corrected chi connectivity index (χ3v) is 6.63. The van der Waals surface area contributed by atoms with Crippen LogP contribution in [0.4, 0.5) is 0 Å². The molecule has 26 heavy (non-hydrogen) atoms. The van der Waals surface area contributed by atoms with Crippen molar-refractivity contribution in [3.63, 3.8) is 0 Å². The first kappa shape index (κ1) is 18.4. The molecular weight excluding hydrogens is 393 g/mol. The van der Waals surface area contributed by atoms with Gasteiger partial charge in [-0.2, -0.15) is 0 Å². The van der Waals surface area contributed by atoms with Crippen molar-refractivity contribution >= 4 is 36.9 Å². The van der Waals surface area contributed by atoms with Gasteiger partial charge < -0.3 is 0 Å². The normalized spacial score (nSPS) is 19.5. The van der Waals surface area contributed by atoms with Crippen molar-refractivity contribution in [2.75, 3.05) is 0 Å². The van der Waals surface area contributed by atoms with Gasteiger partial charge in [0.25, 0.3) is 0 Å². The number of amides is 2. The van der Waals surface area contributed by atoms with Crippen molar-refractivity contribution in [3.05, 3.63) is 66.2 Å². The van der Waals surface area contributed by atoms with E-state index in [0.717, 1.165) is 15.7 Å². The van der Waals surface area contributed by atoms with Crippen molar-refractivity contribution < 1.29 is 9.59 Å². The second-order valence-electron chi connectivity index (χ2n) is 6.27. The van der Waals surface area contributed by atoms with E-state index in [-0.39, 0.29) is 26.8 Å². The number of rotatable bonds is 6. The maximum absolute atomic E-state index is 13.0. The van der Waals surface area contributed by atoms with Crippen LogP contribution in [0, 0.1) is 0 Å². The molecule has 0 saturated carbocycles. The van der Waals surface area contributed by atoms with Gasteiger partial charge >= 0.3 is 159 Å². The second-order valence-corrected chi connectivity index (χ2v) is 8.81. The standard InChI is InChI=1S/C20H21N3O2Se/c1-14(2)21-22-17-18(26-16-11-7-4-8-12-16)20(25)23(19(17)24)13-15-9-5-3-6-10-15/h3-12,17-18,22H,13H2,1-2H3. The van der Waals surface area contributed by atoms with Crippen LogP contribution in [-0.2, 0) is 16.1 Å². The fourth-order valence-corrected chi connectivity index (χ4v) is 5.12. The number of nitrogens with one attached hydrogen (secondary N) is 1. The van der Waals surface area contributed by atoms with Gasteiger partial charge in [0.05, 0.1) is 0 Å². The number of nitrogens with zero attached hydrogens (tertiary/aromatic N) is 2. The molecule has 1 N–H and O–H groups in total. The number of hydrogen-bond donors (Lipinski definition) is 1. The third kappa shape index (κ3) is 4.21. The Morgan fingerprint density at radius 1 is 1.00 bits per heavy atom. The number of benzene rings is 2. The molecule has 2 atom stereocenters. The Bertz CT molecular complexity index is 804. The van der Waals surface area contributed by atoms with Gasteiger partial charge in [-0.3, -0.25) is 0 Å². The molecule has 1 heterocycles. The van der Waals surface area contributed by atoms with Gasteiger partial charge in [0.15, 0.2) is 0 Å². The number of hydrazone groups is 1. The Morgan fingerprint density at radius 2 is 1.62 bits per heavy atom. The summed E-state index contributed by atoms with van der Waals surface area (Å²) in [4.78, 5) is 26.9. The van der Waals surface area contributed by atoms with Gasteiger partial charge in [-0.25, -0.2) is 0 Å². The monoisotopic (exact) mass is 415 g/mol. The molecule has 3 rings (SSSR count). The van der Waals surface area contributed by atoms with Crippen LogP contribution in [0.2, 0.25) is 4.82 Å². The molecule has 1 saturated heterocycles. The summed E-state index contributed by atoms with van der Waals surface area (Å²) >= 11 is -0.158. The molecule has 2 unspecified atom stereocenters. The fourth-order valence-electron chi connectivity index (χ4n) is 2.71. The molecular formula is C20H21N3O2Se. The maximum atomic E-state index is 13.0. The third-order valence-electron chi connectivity index (χ3n) is 3.96. The van der Waals surface area contributed by atoms with Gasteiger partial charge in [-0.1, -0.05) is 0 Å². The molecule has 2 amide bonds. The zero-order valence-corrected chi connectivity index (χ0v) is 16.5. The van der Waals surface area contributed by atoms with Gasteiger partial charge in [-0.15, -0.1) is 0 Å². The SMILES string of the molecule is CC(C)=NNC1C(=O)N(Cc2ccccc2)C(=O)C1[Se]c1ccccc1. The first-order chi connectivity index (χ1) is 12.6. The number of carbonyl (C=O) groups excluding carboxylic acids is 2. The summed E-state index contributed by atoms with van der Waals surface area (Å²) in [5, 5.41) is 4.20. The molecule has 134 valence electrons. The molecule has 2 aromatic carbocycles. The fraction of sp³-hybridized carbons (Fsp3) is 0.250. The van der Waals surface area contributed by atoms with E-state index in [1.54, 1.807) is 0 Å². The molecule has 0 bridgehead atoms. The summed E-state index contributed by atoms with van der Waals surface area (Å²) in [6.07, 6.45) is 0. The van der Waals surface area contributed by atoms with Crippen molar-refractivity contribution in [1.82, 2.24) is 10.3 Å². The van der Waals surface area contributed by atoms with E-state index in [4.69, 9.17) is 0 Å². The Balaban J connectivity index is 1.85. The average Bonchev–Trinajstić information content (AvgIpc) is 2.86. The minimum atomic E-state index is -0.610. The number of likely N-dealkylation sites (tertiary alicyclic amines) is 1. The van der Waals surface area contributed by atoms with Crippen LogP contribution in [0.1, 0.15) is 19.4 Å². The molecule has 0 aromatic heterocycles. The van der Waals surface area contributed by atoms with Crippen LogP contribution >= 0.6 is 0 Å².